The Kier molecular flexibility index (Phi) is 9.25. The standard InChI is InChI=1S/C28H36N2O6/c1-7-19-13-18(4)23(16-21(19)17(2)3)36-26-10-9-22(35-26)28(32)30-27-24(33-5)14-20(15-25(27)34-6)29-11-8-12-31/h9-10,13-17,29,31H,7-8,11-12H2,1-6H3,(H,30,32). The second-order valence-corrected chi connectivity index (χ2v) is 8.76. The summed E-state index contributed by atoms with van der Waals surface area (Å²) in [6.45, 7) is 9.13. The first-order chi connectivity index (χ1) is 17.3. The van der Waals surface area contributed by atoms with Crippen molar-refractivity contribution in [2.24, 2.45) is 0 Å². The molecule has 1 heterocycles. The Morgan fingerprint density at radius 3 is 2.33 bits per heavy atom. The van der Waals surface area contributed by atoms with E-state index < -0.39 is 5.91 Å². The molecule has 3 rings (SSSR count). The number of amides is 1. The van der Waals surface area contributed by atoms with Crippen molar-refractivity contribution in [3.05, 3.63) is 58.8 Å². The number of methoxy groups -OCH3 is 2. The summed E-state index contributed by atoms with van der Waals surface area (Å²) in [5.74, 6) is 1.75. The van der Waals surface area contributed by atoms with E-state index in [1.807, 2.05) is 13.0 Å². The molecule has 0 spiro atoms. The lowest BCUT2D eigenvalue weighted by Gasteiger charge is -2.16. The van der Waals surface area contributed by atoms with E-state index in [0.717, 1.165) is 17.7 Å². The minimum Gasteiger partial charge on any atom is -0.494 e. The number of carbonyl (C=O) groups is 1. The summed E-state index contributed by atoms with van der Waals surface area (Å²) in [5.41, 5.74) is 4.65. The number of carbonyl (C=O) groups excluding carboxylic acids is 1. The highest BCUT2D eigenvalue weighted by Crippen LogP contribution is 2.39. The van der Waals surface area contributed by atoms with Gasteiger partial charge in [-0.1, -0.05) is 26.8 Å². The number of hydrogen-bond acceptors (Lipinski definition) is 7. The lowest BCUT2D eigenvalue weighted by molar-refractivity contribution is 0.0991. The molecule has 0 radical (unpaired) electrons. The van der Waals surface area contributed by atoms with Gasteiger partial charge in [-0.2, -0.15) is 0 Å². The molecule has 36 heavy (non-hydrogen) atoms. The fourth-order valence-corrected chi connectivity index (χ4v) is 3.95. The van der Waals surface area contributed by atoms with Crippen molar-refractivity contribution < 1.29 is 28.5 Å². The quantitative estimate of drug-likeness (QED) is 0.259. The largest absolute Gasteiger partial charge is 0.494 e. The van der Waals surface area contributed by atoms with E-state index in [4.69, 9.17) is 23.7 Å². The molecule has 3 N–H and O–H groups in total. The molecule has 1 amide bonds. The molecule has 0 aliphatic heterocycles. The third kappa shape index (κ3) is 6.31. The van der Waals surface area contributed by atoms with Crippen LogP contribution in [-0.4, -0.2) is 38.4 Å². The Hall–Kier alpha value is -3.65. The van der Waals surface area contributed by atoms with E-state index in [1.54, 1.807) is 24.3 Å². The molecular weight excluding hydrogens is 460 g/mol. The van der Waals surface area contributed by atoms with Gasteiger partial charge in [-0.05, 0) is 54.5 Å². The minimum absolute atomic E-state index is 0.0890. The van der Waals surface area contributed by atoms with E-state index in [1.165, 1.54) is 25.3 Å². The summed E-state index contributed by atoms with van der Waals surface area (Å²) < 4.78 is 22.7. The van der Waals surface area contributed by atoms with Crippen molar-refractivity contribution in [2.75, 3.05) is 38.0 Å². The van der Waals surface area contributed by atoms with Crippen molar-refractivity contribution in [1.29, 1.82) is 0 Å². The molecule has 3 aromatic rings. The molecule has 0 saturated heterocycles. The third-order valence-electron chi connectivity index (χ3n) is 5.86. The van der Waals surface area contributed by atoms with Gasteiger partial charge in [-0.3, -0.25) is 4.79 Å². The first-order valence-electron chi connectivity index (χ1n) is 12.1. The van der Waals surface area contributed by atoms with Crippen LogP contribution in [0.3, 0.4) is 0 Å². The van der Waals surface area contributed by atoms with Crippen LogP contribution in [0.15, 0.2) is 40.8 Å². The van der Waals surface area contributed by atoms with Crippen LogP contribution in [0, 0.1) is 6.92 Å². The zero-order chi connectivity index (χ0) is 26.2. The average molecular weight is 497 g/mol. The molecule has 0 aliphatic carbocycles. The van der Waals surface area contributed by atoms with Crippen molar-refractivity contribution in [2.45, 2.75) is 46.5 Å². The van der Waals surface area contributed by atoms with Gasteiger partial charge in [-0.25, -0.2) is 0 Å². The lowest BCUT2D eigenvalue weighted by Crippen LogP contribution is -2.13. The van der Waals surface area contributed by atoms with Crippen LogP contribution in [0.2, 0.25) is 0 Å². The van der Waals surface area contributed by atoms with Crippen LogP contribution in [-0.2, 0) is 6.42 Å². The van der Waals surface area contributed by atoms with Gasteiger partial charge in [0.05, 0.1) is 14.2 Å². The molecule has 1 aromatic heterocycles. The Balaban J connectivity index is 1.79. The minimum atomic E-state index is -0.469. The van der Waals surface area contributed by atoms with Crippen LogP contribution < -0.4 is 24.8 Å². The number of rotatable bonds is 12. The number of anilines is 2. The maximum Gasteiger partial charge on any atom is 0.291 e. The molecular formula is C28H36N2O6. The molecule has 0 unspecified atom stereocenters. The number of aliphatic hydroxyl groups is 1. The summed E-state index contributed by atoms with van der Waals surface area (Å²) in [6, 6.07) is 10.9. The first kappa shape index (κ1) is 26.9. The molecule has 0 bridgehead atoms. The number of ether oxygens (including phenoxy) is 3. The van der Waals surface area contributed by atoms with Gasteiger partial charge in [0.25, 0.3) is 11.9 Å². The van der Waals surface area contributed by atoms with E-state index in [9.17, 15) is 4.79 Å². The fourth-order valence-electron chi connectivity index (χ4n) is 3.95. The van der Waals surface area contributed by atoms with Crippen LogP contribution in [0.25, 0.3) is 0 Å². The fraction of sp³-hybridized carbons (Fsp3) is 0.393. The number of aryl methyl sites for hydroxylation is 2. The van der Waals surface area contributed by atoms with Gasteiger partial charge < -0.3 is 34.4 Å². The van der Waals surface area contributed by atoms with Crippen molar-refractivity contribution in [3.8, 4) is 23.2 Å². The number of aliphatic hydroxyl groups excluding tert-OH is 1. The Bertz CT molecular complexity index is 1160. The van der Waals surface area contributed by atoms with Gasteiger partial charge in [0.15, 0.2) is 5.76 Å². The number of benzene rings is 2. The van der Waals surface area contributed by atoms with E-state index >= 15 is 0 Å². The molecule has 0 atom stereocenters. The molecule has 194 valence electrons. The average Bonchev–Trinajstić information content (AvgIpc) is 3.34. The van der Waals surface area contributed by atoms with E-state index in [0.29, 0.717) is 41.8 Å². The second kappa shape index (κ2) is 12.4. The predicted molar refractivity (Wildman–Crippen MR) is 141 cm³/mol. The van der Waals surface area contributed by atoms with Crippen molar-refractivity contribution in [1.82, 2.24) is 0 Å². The van der Waals surface area contributed by atoms with Gasteiger partial charge in [-0.15, -0.1) is 0 Å². The number of furan rings is 1. The maximum atomic E-state index is 13.0. The molecule has 2 aromatic carbocycles. The Labute approximate surface area is 212 Å². The van der Waals surface area contributed by atoms with Gasteiger partial charge in [0.1, 0.15) is 22.9 Å². The highest BCUT2D eigenvalue weighted by molar-refractivity contribution is 6.04. The van der Waals surface area contributed by atoms with Crippen molar-refractivity contribution >= 4 is 17.3 Å². The van der Waals surface area contributed by atoms with Crippen LogP contribution >= 0.6 is 0 Å². The molecule has 0 fully saturated rings. The van der Waals surface area contributed by atoms with Crippen molar-refractivity contribution in [3.63, 3.8) is 0 Å². The highest BCUT2D eigenvalue weighted by atomic mass is 16.6. The lowest BCUT2D eigenvalue weighted by atomic mass is 9.93. The van der Waals surface area contributed by atoms with Gasteiger partial charge in [0.2, 0.25) is 0 Å². The third-order valence-corrected chi connectivity index (χ3v) is 5.86. The van der Waals surface area contributed by atoms with Crippen LogP contribution in [0.5, 0.6) is 23.2 Å². The maximum absolute atomic E-state index is 13.0. The van der Waals surface area contributed by atoms with E-state index in [2.05, 4.69) is 37.5 Å². The number of nitrogens with one attached hydrogen (secondary N) is 2. The molecule has 8 nitrogen and oxygen atoms in total. The topological polar surface area (TPSA) is 102 Å². The van der Waals surface area contributed by atoms with E-state index in [-0.39, 0.29) is 18.3 Å². The summed E-state index contributed by atoms with van der Waals surface area (Å²) in [7, 11) is 3.02. The van der Waals surface area contributed by atoms with Crippen LogP contribution in [0.4, 0.5) is 11.4 Å². The smallest absolute Gasteiger partial charge is 0.291 e. The molecule has 8 heteroatoms. The van der Waals surface area contributed by atoms with Gasteiger partial charge in [0, 0.05) is 37.0 Å². The zero-order valence-corrected chi connectivity index (χ0v) is 21.9. The second-order valence-electron chi connectivity index (χ2n) is 8.76. The van der Waals surface area contributed by atoms with Gasteiger partial charge >= 0.3 is 0 Å². The zero-order valence-electron chi connectivity index (χ0n) is 21.9. The SMILES string of the molecule is CCc1cc(C)c(Oc2ccc(C(=O)Nc3c(OC)cc(NCCCO)cc3OC)o2)cc1C(C)C. The summed E-state index contributed by atoms with van der Waals surface area (Å²) in [4.78, 5) is 13.0. The molecule has 0 saturated carbocycles. The monoisotopic (exact) mass is 496 g/mol. The first-order valence-corrected chi connectivity index (χ1v) is 12.1. The predicted octanol–water partition coefficient (Wildman–Crippen LogP) is 6.13. The highest BCUT2D eigenvalue weighted by Gasteiger charge is 2.20. The van der Waals surface area contributed by atoms with Crippen LogP contribution in [0.1, 0.15) is 60.4 Å². The summed E-state index contributed by atoms with van der Waals surface area (Å²) in [5, 5.41) is 15.0. The Morgan fingerprint density at radius 2 is 1.75 bits per heavy atom. The number of hydrogen-bond donors (Lipinski definition) is 3. The Morgan fingerprint density at radius 1 is 1.06 bits per heavy atom. The molecule has 0 aliphatic rings. The summed E-state index contributed by atoms with van der Waals surface area (Å²) in [6.07, 6.45) is 1.55. The summed E-state index contributed by atoms with van der Waals surface area (Å²) >= 11 is 0. The normalized spacial score (nSPS) is 10.9.